The van der Waals surface area contributed by atoms with Gasteiger partial charge in [0.1, 0.15) is 0 Å². The molecule has 0 aromatic heterocycles. The summed E-state index contributed by atoms with van der Waals surface area (Å²) in [4.78, 5) is 14.7. The smallest absolute Gasteiger partial charge is 0.231 e. The zero-order valence-electron chi connectivity index (χ0n) is 10.5. The van der Waals surface area contributed by atoms with Crippen molar-refractivity contribution in [2.45, 2.75) is 25.8 Å². The van der Waals surface area contributed by atoms with Crippen molar-refractivity contribution in [1.82, 2.24) is 4.90 Å². The number of carbonyl (C=O) groups excluding carboxylic acids is 1. The van der Waals surface area contributed by atoms with E-state index in [9.17, 15) is 4.79 Å². The maximum Gasteiger partial charge on any atom is 0.231 e. The Bertz CT molecular complexity index is 466. The highest BCUT2D eigenvalue weighted by molar-refractivity contribution is 6.03. The van der Waals surface area contributed by atoms with Gasteiger partial charge in [0.05, 0.1) is 11.6 Å². The lowest BCUT2D eigenvalue weighted by molar-refractivity contribution is 0.0862. The van der Waals surface area contributed by atoms with Crippen molar-refractivity contribution in [1.29, 1.82) is 0 Å². The first kappa shape index (κ1) is 11.5. The first-order valence-electron chi connectivity index (χ1n) is 6.44. The Kier molecular flexibility index (Phi) is 2.96. The number of hydrogen-bond acceptors (Lipinski definition) is 4. The molecular formula is C14H17NO3. The van der Waals surface area contributed by atoms with Crippen LogP contribution in [-0.2, 0) is 0 Å². The number of ketones is 1. The number of Topliss-reactive ketones (excluding diaryl/α,β-unsaturated/α-hetero) is 1. The van der Waals surface area contributed by atoms with Gasteiger partial charge < -0.3 is 9.47 Å². The van der Waals surface area contributed by atoms with Crippen LogP contribution in [0.2, 0.25) is 0 Å². The van der Waals surface area contributed by atoms with Crippen molar-refractivity contribution >= 4 is 5.78 Å². The minimum absolute atomic E-state index is 0.0804. The van der Waals surface area contributed by atoms with Crippen molar-refractivity contribution in [2.75, 3.05) is 19.9 Å². The number of rotatable bonds is 3. The molecule has 0 N–H and O–H groups in total. The Balaban J connectivity index is 1.86. The number of nitrogens with zero attached hydrogens (tertiary/aromatic N) is 1. The normalized spacial score (nSPS) is 20.1. The van der Waals surface area contributed by atoms with Crippen molar-refractivity contribution in [2.24, 2.45) is 0 Å². The second-order valence-electron chi connectivity index (χ2n) is 4.82. The van der Waals surface area contributed by atoms with E-state index in [2.05, 4.69) is 4.90 Å². The van der Waals surface area contributed by atoms with Crippen molar-refractivity contribution in [3.8, 4) is 11.5 Å². The molecule has 4 heteroatoms. The van der Waals surface area contributed by atoms with Crippen LogP contribution in [0, 0.1) is 0 Å². The molecule has 96 valence electrons. The summed E-state index contributed by atoms with van der Waals surface area (Å²) in [5.74, 6) is 1.40. The van der Waals surface area contributed by atoms with Gasteiger partial charge in [-0.05, 0) is 45.0 Å². The molecule has 1 aromatic carbocycles. The van der Waals surface area contributed by atoms with Gasteiger partial charge in [-0.3, -0.25) is 9.69 Å². The van der Waals surface area contributed by atoms with E-state index < -0.39 is 0 Å². The van der Waals surface area contributed by atoms with Crippen LogP contribution in [0.25, 0.3) is 0 Å². The van der Waals surface area contributed by atoms with Gasteiger partial charge in [0.25, 0.3) is 0 Å². The van der Waals surface area contributed by atoms with E-state index in [0.29, 0.717) is 17.1 Å². The lowest BCUT2D eigenvalue weighted by Gasteiger charge is -2.22. The molecule has 1 fully saturated rings. The van der Waals surface area contributed by atoms with E-state index >= 15 is 0 Å². The lowest BCUT2D eigenvalue weighted by atomic mass is 10.0. The molecule has 0 bridgehead atoms. The van der Waals surface area contributed by atoms with Crippen LogP contribution in [-0.4, -0.2) is 36.6 Å². The summed E-state index contributed by atoms with van der Waals surface area (Å²) in [6, 6.07) is 5.42. The van der Waals surface area contributed by atoms with Crippen LogP contribution in [0.4, 0.5) is 0 Å². The quantitative estimate of drug-likeness (QED) is 0.767. The second-order valence-corrected chi connectivity index (χ2v) is 4.82. The highest BCUT2D eigenvalue weighted by atomic mass is 16.7. The van der Waals surface area contributed by atoms with E-state index in [-0.39, 0.29) is 18.6 Å². The van der Waals surface area contributed by atoms with Crippen LogP contribution >= 0.6 is 0 Å². The fourth-order valence-corrected chi connectivity index (χ4v) is 2.64. The molecule has 1 unspecified atom stereocenters. The standard InChI is InChI=1S/C14H17NO3/c1-10(15-7-2-3-8-15)13(16)11-5-4-6-12-14(11)18-9-17-12/h4-6,10H,2-3,7-9H2,1H3. The van der Waals surface area contributed by atoms with Gasteiger partial charge in [0, 0.05) is 0 Å². The molecular weight excluding hydrogens is 230 g/mol. The van der Waals surface area contributed by atoms with E-state index in [1.807, 2.05) is 25.1 Å². The molecule has 2 aliphatic rings. The number of ether oxygens (including phenoxy) is 2. The molecule has 3 rings (SSSR count). The summed E-state index contributed by atoms with van der Waals surface area (Å²) in [6.45, 7) is 4.21. The van der Waals surface area contributed by atoms with Gasteiger partial charge in [-0.2, -0.15) is 0 Å². The summed E-state index contributed by atoms with van der Waals surface area (Å²) in [7, 11) is 0. The molecule has 0 spiro atoms. The largest absolute Gasteiger partial charge is 0.454 e. The van der Waals surface area contributed by atoms with Gasteiger partial charge in [-0.25, -0.2) is 0 Å². The van der Waals surface area contributed by atoms with Gasteiger partial charge in [-0.1, -0.05) is 6.07 Å². The van der Waals surface area contributed by atoms with Crippen molar-refractivity contribution in [3.05, 3.63) is 23.8 Å². The van der Waals surface area contributed by atoms with E-state index in [1.165, 1.54) is 12.8 Å². The van der Waals surface area contributed by atoms with Crippen LogP contribution in [0.5, 0.6) is 11.5 Å². The number of likely N-dealkylation sites (tertiary alicyclic amines) is 1. The third-order valence-corrected chi connectivity index (χ3v) is 3.73. The first-order valence-corrected chi connectivity index (χ1v) is 6.44. The van der Waals surface area contributed by atoms with Gasteiger partial charge in [-0.15, -0.1) is 0 Å². The fourth-order valence-electron chi connectivity index (χ4n) is 2.64. The molecule has 1 atom stereocenters. The average molecular weight is 247 g/mol. The number of fused-ring (bicyclic) bond motifs is 1. The van der Waals surface area contributed by atoms with Crippen LogP contribution < -0.4 is 9.47 Å². The summed E-state index contributed by atoms with van der Waals surface area (Å²) in [6.07, 6.45) is 2.37. The first-order chi connectivity index (χ1) is 8.77. The Morgan fingerprint density at radius 2 is 2.06 bits per heavy atom. The molecule has 4 nitrogen and oxygen atoms in total. The second kappa shape index (κ2) is 4.61. The van der Waals surface area contributed by atoms with E-state index in [0.717, 1.165) is 13.1 Å². The molecule has 1 saturated heterocycles. The molecule has 2 heterocycles. The predicted molar refractivity (Wildman–Crippen MR) is 67.2 cm³/mol. The highest BCUT2D eigenvalue weighted by Gasteiger charge is 2.29. The van der Waals surface area contributed by atoms with E-state index in [4.69, 9.17) is 9.47 Å². The van der Waals surface area contributed by atoms with Gasteiger partial charge in [0.2, 0.25) is 6.79 Å². The minimum Gasteiger partial charge on any atom is -0.454 e. The molecule has 1 aromatic rings. The highest BCUT2D eigenvalue weighted by Crippen LogP contribution is 2.36. The average Bonchev–Trinajstić information content (AvgIpc) is 3.06. The number of carbonyl (C=O) groups is 1. The Labute approximate surface area is 106 Å². The Hall–Kier alpha value is -1.55. The Morgan fingerprint density at radius 1 is 1.28 bits per heavy atom. The molecule has 18 heavy (non-hydrogen) atoms. The third kappa shape index (κ3) is 1.86. The molecule has 0 saturated carbocycles. The molecule has 0 aliphatic carbocycles. The van der Waals surface area contributed by atoms with Crippen LogP contribution in [0.3, 0.4) is 0 Å². The number of hydrogen-bond donors (Lipinski definition) is 0. The summed E-state index contributed by atoms with van der Waals surface area (Å²) in [5, 5.41) is 0. The molecule has 2 aliphatic heterocycles. The van der Waals surface area contributed by atoms with Gasteiger partial charge in [0.15, 0.2) is 17.3 Å². The van der Waals surface area contributed by atoms with Gasteiger partial charge >= 0.3 is 0 Å². The summed E-state index contributed by atoms with van der Waals surface area (Å²) < 4.78 is 10.7. The SMILES string of the molecule is CC(C(=O)c1cccc2c1OCO2)N1CCCC1. The van der Waals surface area contributed by atoms with Crippen LogP contribution in [0.15, 0.2) is 18.2 Å². The topological polar surface area (TPSA) is 38.8 Å². The predicted octanol–water partition coefficient (Wildman–Crippen LogP) is 2.08. The minimum atomic E-state index is -0.0804. The van der Waals surface area contributed by atoms with Crippen LogP contribution in [0.1, 0.15) is 30.1 Å². The Morgan fingerprint density at radius 3 is 2.83 bits per heavy atom. The summed E-state index contributed by atoms with van der Waals surface area (Å²) >= 11 is 0. The molecule has 0 amide bonds. The molecule has 0 radical (unpaired) electrons. The number of benzene rings is 1. The fraction of sp³-hybridized carbons (Fsp3) is 0.500. The zero-order chi connectivity index (χ0) is 12.5. The van der Waals surface area contributed by atoms with E-state index in [1.54, 1.807) is 0 Å². The third-order valence-electron chi connectivity index (χ3n) is 3.73. The number of para-hydroxylation sites is 1. The van der Waals surface area contributed by atoms with Crippen molar-refractivity contribution < 1.29 is 14.3 Å². The maximum atomic E-state index is 12.5. The lowest BCUT2D eigenvalue weighted by Crippen LogP contribution is -2.36. The summed E-state index contributed by atoms with van der Waals surface area (Å²) in [5.41, 5.74) is 0.643. The maximum absolute atomic E-state index is 12.5. The van der Waals surface area contributed by atoms with Crippen molar-refractivity contribution in [3.63, 3.8) is 0 Å². The monoisotopic (exact) mass is 247 g/mol. The zero-order valence-corrected chi connectivity index (χ0v) is 10.5.